The first-order chi connectivity index (χ1) is 14.7. The highest BCUT2D eigenvalue weighted by Gasteiger charge is 2.28. The van der Waals surface area contributed by atoms with Gasteiger partial charge in [-0.05, 0) is 17.8 Å². The molecule has 0 aromatic rings. The van der Waals surface area contributed by atoms with Crippen LogP contribution in [0.1, 0.15) is 125 Å². The normalized spacial score (nSPS) is 13.5. The molecule has 2 unspecified atom stereocenters. The van der Waals surface area contributed by atoms with Gasteiger partial charge in [0.2, 0.25) is 0 Å². The number of hydrogen-bond donors (Lipinski definition) is 1. The molecule has 31 heavy (non-hydrogen) atoms. The molecular weight excluding hydrogens is 390 g/mol. The van der Waals surface area contributed by atoms with Crippen LogP contribution in [0.3, 0.4) is 0 Å². The van der Waals surface area contributed by atoms with E-state index in [4.69, 9.17) is 9.47 Å². The van der Waals surface area contributed by atoms with Crippen LogP contribution in [-0.2, 0) is 14.3 Å². The zero-order valence-corrected chi connectivity index (χ0v) is 21.4. The maximum absolute atomic E-state index is 12.5. The third kappa shape index (κ3) is 18.1. The summed E-state index contributed by atoms with van der Waals surface area (Å²) in [5.41, 5.74) is -0.113. The second kappa shape index (κ2) is 18.3. The minimum atomic E-state index is -0.658. The van der Waals surface area contributed by atoms with E-state index in [2.05, 4.69) is 12.2 Å². The Balaban J connectivity index is 3.92. The van der Waals surface area contributed by atoms with Crippen molar-refractivity contribution in [2.24, 2.45) is 11.3 Å². The molecule has 0 heterocycles. The number of esters is 1. The van der Waals surface area contributed by atoms with Crippen LogP contribution in [0.25, 0.3) is 0 Å². The lowest BCUT2D eigenvalue weighted by Gasteiger charge is -2.24. The van der Waals surface area contributed by atoms with Crippen LogP contribution >= 0.6 is 0 Å². The van der Waals surface area contributed by atoms with E-state index >= 15 is 0 Å². The first-order valence-electron chi connectivity index (χ1n) is 12.8. The summed E-state index contributed by atoms with van der Waals surface area (Å²) in [6.07, 6.45) is 15.5. The molecule has 0 radical (unpaired) electrons. The molecule has 184 valence electrons. The highest BCUT2D eigenvalue weighted by molar-refractivity contribution is 5.81. The third-order valence-electron chi connectivity index (χ3n) is 5.62. The molecule has 0 saturated heterocycles. The van der Waals surface area contributed by atoms with Crippen molar-refractivity contribution in [3.63, 3.8) is 0 Å². The van der Waals surface area contributed by atoms with E-state index in [0.29, 0.717) is 13.2 Å². The number of unbranched alkanes of at least 4 members (excludes halogenated alkanes) is 11. The van der Waals surface area contributed by atoms with Gasteiger partial charge in [-0.1, -0.05) is 119 Å². The van der Waals surface area contributed by atoms with E-state index in [1.165, 1.54) is 64.2 Å². The topological polar surface area (TPSA) is 64.6 Å². The number of nitrogens with one attached hydrogen (secondary N) is 1. The van der Waals surface area contributed by atoms with Crippen molar-refractivity contribution in [2.45, 2.75) is 131 Å². The van der Waals surface area contributed by atoms with Gasteiger partial charge >= 0.3 is 12.1 Å². The highest BCUT2D eigenvalue weighted by Crippen LogP contribution is 2.15. The first-order valence-corrected chi connectivity index (χ1v) is 12.8. The average Bonchev–Trinajstić information content (AvgIpc) is 2.72. The largest absolute Gasteiger partial charge is 0.464 e. The Morgan fingerprint density at radius 2 is 1.26 bits per heavy atom. The zero-order chi connectivity index (χ0) is 23.5. The van der Waals surface area contributed by atoms with Gasteiger partial charge in [0.1, 0.15) is 6.04 Å². The van der Waals surface area contributed by atoms with Gasteiger partial charge in [0.25, 0.3) is 0 Å². The fourth-order valence-electron chi connectivity index (χ4n) is 3.33. The fraction of sp³-hybridized carbons (Fsp3) is 0.923. The molecule has 0 rings (SSSR count). The van der Waals surface area contributed by atoms with Crippen molar-refractivity contribution in [2.75, 3.05) is 13.2 Å². The van der Waals surface area contributed by atoms with E-state index in [1.54, 1.807) is 0 Å². The van der Waals surface area contributed by atoms with Crippen molar-refractivity contribution in [3.8, 4) is 0 Å². The lowest BCUT2D eigenvalue weighted by molar-refractivity contribution is -0.147. The van der Waals surface area contributed by atoms with Crippen LogP contribution in [-0.4, -0.2) is 31.3 Å². The third-order valence-corrected chi connectivity index (χ3v) is 5.62. The standard InChI is InChI=1S/C26H51NO4/c1-7-9-10-11-12-13-14-15-16-17-18-19-20-30-24(28)23(22(3)8-2)27-25(29)31-21-26(4,5)6/h22-23H,7-21H2,1-6H3,(H,27,29). The Kier molecular flexibility index (Phi) is 17.6. The lowest BCUT2D eigenvalue weighted by Crippen LogP contribution is -2.46. The van der Waals surface area contributed by atoms with Crippen molar-refractivity contribution in [1.29, 1.82) is 0 Å². The van der Waals surface area contributed by atoms with Crippen molar-refractivity contribution in [1.82, 2.24) is 5.32 Å². The van der Waals surface area contributed by atoms with Crippen LogP contribution in [0.2, 0.25) is 0 Å². The van der Waals surface area contributed by atoms with Crippen LogP contribution in [0, 0.1) is 11.3 Å². The predicted molar refractivity (Wildman–Crippen MR) is 129 cm³/mol. The summed E-state index contributed by atoms with van der Waals surface area (Å²) in [6, 6.07) is -0.658. The molecule has 1 N–H and O–H groups in total. The molecule has 1 amide bonds. The molecular formula is C26H51NO4. The summed E-state index contributed by atoms with van der Waals surface area (Å²) in [5.74, 6) is -0.359. The number of carbonyl (C=O) groups is 2. The Labute approximate surface area is 192 Å². The second-order valence-electron chi connectivity index (χ2n) is 10.2. The number of carbonyl (C=O) groups excluding carboxylic acids is 2. The molecule has 0 aliphatic carbocycles. The summed E-state index contributed by atoms with van der Waals surface area (Å²) in [5, 5.41) is 2.70. The molecule has 0 saturated carbocycles. The summed E-state index contributed by atoms with van der Waals surface area (Å²) in [7, 11) is 0. The summed E-state index contributed by atoms with van der Waals surface area (Å²) < 4.78 is 10.7. The molecule has 0 aromatic carbocycles. The summed E-state index contributed by atoms with van der Waals surface area (Å²) in [4.78, 5) is 24.6. The number of rotatable bonds is 18. The summed E-state index contributed by atoms with van der Waals surface area (Å²) in [6.45, 7) is 12.9. The number of hydrogen-bond acceptors (Lipinski definition) is 4. The smallest absolute Gasteiger partial charge is 0.407 e. The lowest BCUT2D eigenvalue weighted by atomic mass is 9.98. The van der Waals surface area contributed by atoms with Gasteiger partial charge in [0.15, 0.2) is 0 Å². The molecule has 0 aliphatic heterocycles. The molecule has 0 aromatic heterocycles. The van der Waals surface area contributed by atoms with Crippen molar-refractivity contribution >= 4 is 12.1 Å². The monoisotopic (exact) mass is 441 g/mol. The van der Waals surface area contributed by atoms with E-state index in [0.717, 1.165) is 19.3 Å². The fourth-order valence-corrected chi connectivity index (χ4v) is 3.33. The van der Waals surface area contributed by atoms with Gasteiger partial charge in [-0.25, -0.2) is 9.59 Å². The first kappa shape index (κ1) is 29.7. The maximum Gasteiger partial charge on any atom is 0.407 e. The van der Waals surface area contributed by atoms with Crippen LogP contribution in [0.4, 0.5) is 4.79 Å². The average molecular weight is 442 g/mol. The van der Waals surface area contributed by atoms with E-state index in [1.807, 2.05) is 34.6 Å². The zero-order valence-electron chi connectivity index (χ0n) is 21.4. The van der Waals surface area contributed by atoms with E-state index < -0.39 is 12.1 Å². The Morgan fingerprint density at radius 3 is 1.71 bits per heavy atom. The predicted octanol–water partition coefficient (Wildman–Crippen LogP) is 7.42. The molecule has 2 atom stereocenters. The van der Waals surface area contributed by atoms with Crippen LogP contribution in [0.5, 0.6) is 0 Å². The molecule has 0 aliphatic rings. The van der Waals surface area contributed by atoms with Crippen molar-refractivity contribution < 1.29 is 19.1 Å². The molecule has 0 fully saturated rings. The molecule has 5 heteroatoms. The number of amides is 1. The Morgan fingerprint density at radius 1 is 0.774 bits per heavy atom. The SMILES string of the molecule is CCCCCCCCCCCCCCOC(=O)C(NC(=O)OCC(C)(C)C)C(C)CC. The minimum absolute atomic E-state index is 0.00309. The molecule has 0 spiro atoms. The second-order valence-corrected chi connectivity index (χ2v) is 10.2. The number of ether oxygens (including phenoxy) is 2. The minimum Gasteiger partial charge on any atom is -0.464 e. The van der Waals surface area contributed by atoms with Gasteiger partial charge in [0.05, 0.1) is 13.2 Å². The van der Waals surface area contributed by atoms with Gasteiger partial charge in [0, 0.05) is 0 Å². The molecule has 5 nitrogen and oxygen atoms in total. The summed E-state index contributed by atoms with van der Waals surface area (Å²) >= 11 is 0. The van der Waals surface area contributed by atoms with Crippen molar-refractivity contribution in [3.05, 3.63) is 0 Å². The molecule has 0 bridgehead atoms. The van der Waals surface area contributed by atoms with Gasteiger partial charge in [-0.3, -0.25) is 0 Å². The van der Waals surface area contributed by atoms with E-state index in [9.17, 15) is 9.59 Å². The highest BCUT2D eigenvalue weighted by atomic mass is 16.6. The van der Waals surface area contributed by atoms with Crippen LogP contribution < -0.4 is 5.32 Å². The Bertz CT molecular complexity index is 459. The quantitative estimate of drug-likeness (QED) is 0.177. The van der Waals surface area contributed by atoms with Gasteiger partial charge in [-0.15, -0.1) is 0 Å². The van der Waals surface area contributed by atoms with E-state index in [-0.39, 0.29) is 17.3 Å². The maximum atomic E-state index is 12.5. The van der Waals surface area contributed by atoms with Gasteiger partial charge in [-0.2, -0.15) is 0 Å². The van der Waals surface area contributed by atoms with Gasteiger partial charge < -0.3 is 14.8 Å². The number of alkyl carbamates (subject to hydrolysis) is 1. The van der Waals surface area contributed by atoms with Crippen LogP contribution in [0.15, 0.2) is 0 Å². The Hall–Kier alpha value is -1.26.